The molecule has 0 spiro atoms. The molecule has 1 aliphatic heterocycles. The first-order valence-corrected chi connectivity index (χ1v) is 15.2. The lowest BCUT2D eigenvalue weighted by Crippen LogP contribution is -2.52. The van der Waals surface area contributed by atoms with Crippen molar-refractivity contribution in [2.24, 2.45) is 0 Å². The summed E-state index contributed by atoms with van der Waals surface area (Å²) in [5.41, 5.74) is 2.96. The van der Waals surface area contributed by atoms with Crippen molar-refractivity contribution in [1.82, 2.24) is 9.80 Å². The topological polar surface area (TPSA) is 134 Å². The average molecular weight is 659 g/mol. The van der Waals surface area contributed by atoms with E-state index < -0.39 is 47.9 Å². The molecule has 0 aliphatic carbocycles. The van der Waals surface area contributed by atoms with E-state index in [1.807, 2.05) is 39.0 Å². The molecule has 0 radical (unpaired) electrons. The molecular weight excluding hydrogens is 624 g/mol. The van der Waals surface area contributed by atoms with Crippen LogP contribution in [0.15, 0.2) is 66.7 Å². The third kappa shape index (κ3) is 8.09. The molecule has 11 nitrogen and oxygen atoms in total. The number of nitrogens with zero attached hydrogens (tertiary/aromatic N) is 2. The number of hydrogen-bond acceptors (Lipinski definition) is 7. The second-order valence-corrected chi connectivity index (χ2v) is 11.3. The Balaban J connectivity index is 1.54. The number of carbonyl (C=O) groups is 5. The Labute approximate surface area is 278 Å². The Bertz CT molecular complexity index is 1750. The van der Waals surface area contributed by atoms with Gasteiger partial charge < -0.3 is 20.1 Å². The van der Waals surface area contributed by atoms with Crippen molar-refractivity contribution in [3.63, 3.8) is 0 Å². The largest absolute Gasteiger partial charge is 0.480 e. The zero-order chi connectivity index (χ0) is 34.2. The first kappa shape index (κ1) is 34.5. The predicted molar refractivity (Wildman–Crippen MR) is 176 cm³/mol. The number of ether oxygens (including phenoxy) is 2. The number of urea groups is 1. The second-order valence-electron chi connectivity index (χ2n) is 10.9. The van der Waals surface area contributed by atoms with Gasteiger partial charge in [-0.15, -0.1) is 0 Å². The number of nitrogens with one attached hydrogen (secondary N) is 2. The van der Waals surface area contributed by atoms with Gasteiger partial charge in [-0.2, -0.15) is 0 Å². The van der Waals surface area contributed by atoms with Crippen LogP contribution in [0.5, 0.6) is 5.75 Å². The number of halogens is 1. The van der Waals surface area contributed by atoms with Gasteiger partial charge in [0.05, 0.1) is 17.3 Å². The number of carbonyl (C=O) groups excluding carboxylic acids is 5. The van der Waals surface area contributed by atoms with Gasteiger partial charge in [-0.3, -0.25) is 24.1 Å². The highest BCUT2D eigenvalue weighted by Gasteiger charge is 2.52. The number of Topliss-reactive ketones (excluding diaryl/α,β-unsaturated/α-hetero) is 1. The van der Waals surface area contributed by atoms with E-state index >= 15 is 0 Å². The molecule has 244 valence electrons. The van der Waals surface area contributed by atoms with Crippen LogP contribution in [0.2, 0.25) is 5.02 Å². The summed E-state index contributed by atoms with van der Waals surface area (Å²) in [5, 5.41) is 5.38. The van der Waals surface area contributed by atoms with E-state index in [2.05, 4.69) is 22.7 Å². The summed E-state index contributed by atoms with van der Waals surface area (Å²) in [4.78, 5) is 68.3. The van der Waals surface area contributed by atoms with Crippen LogP contribution in [0.3, 0.4) is 0 Å². The molecule has 1 fully saturated rings. The number of amides is 5. The molecular formula is C35H35ClN4O7. The van der Waals surface area contributed by atoms with Gasteiger partial charge in [0.1, 0.15) is 11.9 Å². The number of anilines is 2. The Morgan fingerprint density at radius 3 is 2.34 bits per heavy atom. The third-order valence-corrected chi connectivity index (χ3v) is 7.63. The minimum absolute atomic E-state index is 0.0361. The van der Waals surface area contributed by atoms with Crippen molar-refractivity contribution in [2.75, 3.05) is 10.6 Å². The summed E-state index contributed by atoms with van der Waals surface area (Å²) < 4.78 is 11.3. The molecule has 3 aromatic carbocycles. The van der Waals surface area contributed by atoms with Gasteiger partial charge in [0.2, 0.25) is 0 Å². The van der Waals surface area contributed by atoms with E-state index in [1.165, 1.54) is 25.1 Å². The highest BCUT2D eigenvalue weighted by Crippen LogP contribution is 2.29. The van der Waals surface area contributed by atoms with Crippen molar-refractivity contribution < 1.29 is 33.4 Å². The summed E-state index contributed by atoms with van der Waals surface area (Å²) in [6.07, 6.45) is 0.420. The van der Waals surface area contributed by atoms with Gasteiger partial charge in [-0.05, 0) is 62.6 Å². The van der Waals surface area contributed by atoms with Gasteiger partial charge >= 0.3 is 6.03 Å². The zero-order valence-corrected chi connectivity index (χ0v) is 27.4. The SMILES string of the molecule is CC#COC1C(=O)N(C(C(C)=O)C(=O)Nc2cc(NC(=O)C(CC)Oc3ccc(C)cc3C)ccc2Cl)C(=O)N1Cc1ccccc1. The fraction of sp³-hybridized carbons (Fsp3) is 0.286. The van der Waals surface area contributed by atoms with Crippen LogP contribution in [-0.4, -0.2) is 57.7 Å². The molecule has 47 heavy (non-hydrogen) atoms. The first-order chi connectivity index (χ1) is 22.4. The number of hydrogen-bond donors (Lipinski definition) is 2. The van der Waals surface area contributed by atoms with Crippen LogP contribution in [0, 0.1) is 25.9 Å². The predicted octanol–water partition coefficient (Wildman–Crippen LogP) is 5.44. The van der Waals surface area contributed by atoms with Gasteiger partial charge in [0, 0.05) is 12.6 Å². The van der Waals surface area contributed by atoms with Crippen molar-refractivity contribution in [2.45, 2.75) is 66.0 Å². The number of rotatable bonds is 12. The molecule has 0 saturated carbocycles. The second kappa shape index (κ2) is 15.3. The zero-order valence-electron chi connectivity index (χ0n) is 26.6. The Morgan fingerprint density at radius 1 is 0.979 bits per heavy atom. The molecule has 0 aromatic heterocycles. The third-order valence-electron chi connectivity index (χ3n) is 7.30. The van der Waals surface area contributed by atoms with E-state index in [-0.39, 0.29) is 22.9 Å². The molecule has 1 aliphatic rings. The molecule has 3 atom stereocenters. The highest BCUT2D eigenvalue weighted by atomic mass is 35.5. The minimum atomic E-state index is -1.85. The molecule has 3 unspecified atom stereocenters. The number of benzene rings is 3. The van der Waals surface area contributed by atoms with Crippen LogP contribution in [0.1, 0.15) is 43.9 Å². The normalized spacial score (nSPS) is 15.3. The molecule has 0 bridgehead atoms. The van der Waals surface area contributed by atoms with E-state index in [0.717, 1.165) is 23.0 Å². The fourth-order valence-corrected chi connectivity index (χ4v) is 5.16. The van der Waals surface area contributed by atoms with Crippen LogP contribution in [-0.2, 0) is 30.5 Å². The fourth-order valence-electron chi connectivity index (χ4n) is 5.00. The van der Waals surface area contributed by atoms with E-state index in [0.29, 0.717) is 22.6 Å². The minimum Gasteiger partial charge on any atom is -0.480 e. The molecule has 12 heteroatoms. The van der Waals surface area contributed by atoms with Crippen molar-refractivity contribution in [3.8, 4) is 17.8 Å². The van der Waals surface area contributed by atoms with Gasteiger partial charge in [-0.1, -0.05) is 72.5 Å². The average Bonchev–Trinajstić information content (AvgIpc) is 3.25. The Morgan fingerprint density at radius 2 is 1.70 bits per heavy atom. The standard InChI is InChI=1S/C35H35ClN4O7/c1-6-17-46-34-33(44)40(35(45)39(34)20-24-11-9-8-10-12-24)30(23(5)41)32(43)38-27-19-25(14-15-26(27)36)37-31(42)28(7-2)47-29-16-13-21(3)18-22(29)4/h8-16,18-19,28,30,34H,7,20H2,1-5H3,(H,37,42)(H,38,43). The maximum atomic E-state index is 13.6. The Kier molecular flexibility index (Phi) is 11.2. The number of imide groups is 1. The summed E-state index contributed by atoms with van der Waals surface area (Å²) in [6, 6.07) is 16.1. The summed E-state index contributed by atoms with van der Waals surface area (Å²) in [5.74, 6) is -0.0291. The molecule has 3 aromatic rings. The lowest BCUT2D eigenvalue weighted by Gasteiger charge is -2.23. The van der Waals surface area contributed by atoms with Crippen LogP contribution in [0.4, 0.5) is 16.2 Å². The van der Waals surface area contributed by atoms with E-state index in [9.17, 15) is 24.0 Å². The molecule has 1 saturated heterocycles. The van der Waals surface area contributed by atoms with Crippen molar-refractivity contribution in [3.05, 3.63) is 88.4 Å². The van der Waals surface area contributed by atoms with Gasteiger partial charge in [0.15, 0.2) is 17.9 Å². The summed E-state index contributed by atoms with van der Waals surface area (Å²) in [6.45, 7) is 8.22. The smallest absolute Gasteiger partial charge is 0.331 e. The lowest BCUT2D eigenvalue weighted by atomic mass is 10.1. The van der Waals surface area contributed by atoms with Crippen LogP contribution >= 0.6 is 11.6 Å². The maximum Gasteiger partial charge on any atom is 0.331 e. The summed E-state index contributed by atoms with van der Waals surface area (Å²) in [7, 11) is 0. The summed E-state index contributed by atoms with van der Waals surface area (Å²) >= 11 is 6.37. The highest BCUT2D eigenvalue weighted by molar-refractivity contribution is 6.34. The Hall–Kier alpha value is -5.34. The quantitative estimate of drug-likeness (QED) is 0.150. The lowest BCUT2D eigenvalue weighted by molar-refractivity contribution is -0.144. The van der Waals surface area contributed by atoms with Crippen LogP contribution < -0.4 is 15.4 Å². The maximum absolute atomic E-state index is 13.6. The van der Waals surface area contributed by atoms with Crippen molar-refractivity contribution >= 4 is 52.5 Å². The first-order valence-electron chi connectivity index (χ1n) is 14.9. The number of aryl methyl sites for hydroxylation is 2. The molecule has 4 rings (SSSR count). The molecule has 5 amide bonds. The van der Waals surface area contributed by atoms with Crippen molar-refractivity contribution in [1.29, 1.82) is 0 Å². The van der Waals surface area contributed by atoms with E-state index in [1.54, 1.807) is 30.3 Å². The van der Waals surface area contributed by atoms with Gasteiger partial charge in [-0.25, -0.2) is 9.69 Å². The molecule has 1 heterocycles. The monoisotopic (exact) mass is 658 g/mol. The number of ketones is 1. The molecule has 2 N–H and O–H groups in total. The van der Waals surface area contributed by atoms with Gasteiger partial charge in [0.25, 0.3) is 23.9 Å². The van der Waals surface area contributed by atoms with Crippen LogP contribution in [0.25, 0.3) is 0 Å². The van der Waals surface area contributed by atoms with E-state index in [4.69, 9.17) is 21.1 Å².